The number of carbonyl (C=O) groups excluding carboxylic acids is 1. The minimum Gasteiger partial charge on any atom is -0.482 e. The van der Waals surface area contributed by atoms with Gasteiger partial charge in [-0.1, -0.05) is 12.1 Å². The zero-order valence-corrected chi connectivity index (χ0v) is 13.4. The smallest absolute Gasteiger partial charge is 0.422 e. The van der Waals surface area contributed by atoms with Crippen LogP contribution in [0.1, 0.15) is 6.92 Å². The highest BCUT2D eigenvalue weighted by atomic mass is 32.2. The molecule has 0 spiro atoms. The van der Waals surface area contributed by atoms with E-state index in [-0.39, 0.29) is 17.5 Å². The Bertz CT molecular complexity index is 497. The summed E-state index contributed by atoms with van der Waals surface area (Å²) in [4.78, 5) is 13.6. The maximum atomic E-state index is 12.2. The molecule has 0 unspecified atom stereocenters. The van der Waals surface area contributed by atoms with E-state index in [9.17, 15) is 18.0 Å². The number of rotatable bonds is 6. The number of para-hydroxylation sites is 2. The average Bonchev–Trinajstić information content (AvgIpc) is 2.44. The van der Waals surface area contributed by atoms with E-state index in [0.29, 0.717) is 0 Å². The van der Waals surface area contributed by atoms with E-state index >= 15 is 0 Å². The summed E-state index contributed by atoms with van der Waals surface area (Å²) in [6, 6.07) is 5.63. The monoisotopic (exact) mass is 336 g/mol. The molecule has 8 heteroatoms. The van der Waals surface area contributed by atoms with Crippen molar-refractivity contribution in [2.24, 2.45) is 0 Å². The Morgan fingerprint density at radius 1 is 1.41 bits per heavy atom. The second kappa shape index (κ2) is 8.17. The van der Waals surface area contributed by atoms with Gasteiger partial charge in [-0.3, -0.25) is 0 Å². The van der Waals surface area contributed by atoms with Crippen molar-refractivity contribution >= 4 is 23.5 Å². The molecule has 1 N–H and O–H groups in total. The molecule has 0 aliphatic rings. The molecule has 0 saturated carbocycles. The first-order valence-corrected chi connectivity index (χ1v) is 7.95. The van der Waals surface area contributed by atoms with Crippen molar-refractivity contribution in [1.29, 1.82) is 0 Å². The van der Waals surface area contributed by atoms with Gasteiger partial charge in [0.05, 0.1) is 5.69 Å². The van der Waals surface area contributed by atoms with Crippen LogP contribution in [0.3, 0.4) is 0 Å². The van der Waals surface area contributed by atoms with Gasteiger partial charge in [-0.15, -0.1) is 0 Å². The van der Waals surface area contributed by atoms with Crippen LogP contribution in [-0.2, 0) is 0 Å². The maximum Gasteiger partial charge on any atom is 0.422 e. The lowest BCUT2D eigenvalue weighted by molar-refractivity contribution is -0.153. The highest BCUT2D eigenvalue weighted by Crippen LogP contribution is 2.26. The zero-order chi connectivity index (χ0) is 16.8. The molecule has 1 rings (SSSR count). The van der Waals surface area contributed by atoms with Gasteiger partial charge >= 0.3 is 12.2 Å². The van der Waals surface area contributed by atoms with Gasteiger partial charge in [-0.05, 0) is 25.3 Å². The Kier molecular flexibility index (Phi) is 6.86. The molecule has 2 amide bonds. The van der Waals surface area contributed by atoms with Gasteiger partial charge in [0.25, 0.3) is 0 Å². The third-order valence-electron chi connectivity index (χ3n) is 2.91. The molecule has 0 radical (unpaired) electrons. The van der Waals surface area contributed by atoms with Crippen molar-refractivity contribution in [3.05, 3.63) is 24.3 Å². The first kappa shape index (κ1) is 18.5. The summed E-state index contributed by atoms with van der Waals surface area (Å²) in [5.41, 5.74) is 0.208. The van der Waals surface area contributed by atoms with Crippen molar-refractivity contribution < 1.29 is 22.7 Å². The summed E-state index contributed by atoms with van der Waals surface area (Å²) in [6.07, 6.45) is -2.50. The number of thioether (sulfide) groups is 1. The van der Waals surface area contributed by atoms with Crippen LogP contribution in [0.25, 0.3) is 0 Å². The number of benzene rings is 1. The van der Waals surface area contributed by atoms with Crippen molar-refractivity contribution in [1.82, 2.24) is 4.90 Å². The number of nitrogens with zero attached hydrogens (tertiary/aromatic N) is 1. The van der Waals surface area contributed by atoms with E-state index < -0.39 is 18.8 Å². The lowest BCUT2D eigenvalue weighted by Crippen LogP contribution is -2.39. The molecule has 0 heterocycles. The fourth-order valence-electron chi connectivity index (χ4n) is 1.61. The van der Waals surface area contributed by atoms with Crippen LogP contribution in [0.4, 0.5) is 23.7 Å². The number of carbonyl (C=O) groups is 1. The average molecular weight is 336 g/mol. The second-order valence-electron chi connectivity index (χ2n) is 4.75. The number of amides is 2. The van der Waals surface area contributed by atoms with E-state index in [1.807, 2.05) is 13.2 Å². The van der Waals surface area contributed by atoms with Crippen LogP contribution in [0.15, 0.2) is 24.3 Å². The number of alkyl halides is 3. The Hall–Kier alpha value is -1.57. The highest BCUT2D eigenvalue weighted by Gasteiger charge is 2.29. The van der Waals surface area contributed by atoms with Gasteiger partial charge < -0.3 is 15.0 Å². The summed E-state index contributed by atoms with van der Waals surface area (Å²) in [6.45, 7) is 0.487. The fourth-order valence-corrected chi connectivity index (χ4v) is 2.32. The standard InChI is InChI=1S/C14H19F3N2O2S/c1-10(8-22-3)19(2)13(20)18-11-6-4-5-7-12(11)21-9-14(15,16)17/h4-7,10H,8-9H2,1-3H3,(H,18,20)/t10-/m1/s1. The van der Waals surface area contributed by atoms with Gasteiger partial charge in [-0.25, -0.2) is 4.79 Å². The van der Waals surface area contributed by atoms with E-state index in [4.69, 9.17) is 4.74 Å². The molecule has 124 valence electrons. The Morgan fingerprint density at radius 2 is 2.05 bits per heavy atom. The van der Waals surface area contributed by atoms with Crippen LogP contribution in [0, 0.1) is 0 Å². The molecular formula is C14H19F3N2O2S. The van der Waals surface area contributed by atoms with Crippen LogP contribution in [-0.4, -0.2) is 48.8 Å². The zero-order valence-electron chi connectivity index (χ0n) is 12.6. The first-order chi connectivity index (χ1) is 10.2. The molecule has 4 nitrogen and oxygen atoms in total. The summed E-state index contributed by atoms with van der Waals surface area (Å²) in [5, 5.41) is 2.57. The fraction of sp³-hybridized carbons (Fsp3) is 0.500. The number of urea groups is 1. The number of hydrogen-bond donors (Lipinski definition) is 1. The Labute approximate surface area is 132 Å². The number of anilines is 1. The SMILES string of the molecule is CSC[C@@H](C)N(C)C(=O)Nc1ccccc1OCC(F)(F)F. The molecule has 0 bridgehead atoms. The molecule has 1 aromatic rings. The molecule has 0 saturated heterocycles. The van der Waals surface area contributed by atoms with Crippen molar-refractivity contribution in [3.8, 4) is 5.75 Å². The van der Waals surface area contributed by atoms with Crippen LogP contribution < -0.4 is 10.1 Å². The lowest BCUT2D eigenvalue weighted by Gasteiger charge is -2.25. The third-order valence-corrected chi connectivity index (χ3v) is 3.73. The molecule has 1 atom stereocenters. The van der Waals surface area contributed by atoms with Crippen LogP contribution in [0.5, 0.6) is 5.75 Å². The first-order valence-electron chi connectivity index (χ1n) is 6.56. The maximum absolute atomic E-state index is 12.2. The summed E-state index contributed by atoms with van der Waals surface area (Å²) in [7, 11) is 1.63. The van der Waals surface area contributed by atoms with Gasteiger partial charge in [0.15, 0.2) is 6.61 Å². The summed E-state index contributed by atoms with van der Waals surface area (Å²) >= 11 is 1.60. The van der Waals surface area contributed by atoms with Crippen LogP contribution in [0.2, 0.25) is 0 Å². The third kappa shape index (κ3) is 6.05. The minimum atomic E-state index is -4.43. The summed E-state index contributed by atoms with van der Waals surface area (Å²) < 4.78 is 41.4. The lowest BCUT2D eigenvalue weighted by atomic mass is 10.3. The molecule has 0 fully saturated rings. The molecular weight excluding hydrogens is 317 g/mol. The summed E-state index contributed by atoms with van der Waals surface area (Å²) in [5.74, 6) is 0.745. The van der Waals surface area contributed by atoms with Crippen molar-refractivity contribution in [2.45, 2.75) is 19.1 Å². The molecule has 0 aromatic heterocycles. The predicted octanol–water partition coefficient (Wildman–Crippen LogP) is 3.84. The predicted molar refractivity (Wildman–Crippen MR) is 82.6 cm³/mol. The van der Waals surface area contributed by atoms with Gasteiger partial charge in [0.2, 0.25) is 0 Å². The van der Waals surface area contributed by atoms with Crippen molar-refractivity contribution in [2.75, 3.05) is 31.0 Å². The van der Waals surface area contributed by atoms with E-state index in [0.717, 1.165) is 5.75 Å². The number of halogens is 3. The molecule has 1 aromatic carbocycles. The molecule has 0 aliphatic heterocycles. The van der Waals surface area contributed by atoms with Crippen molar-refractivity contribution in [3.63, 3.8) is 0 Å². The topological polar surface area (TPSA) is 41.6 Å². The normalized spacial score (nSPS) is 12.6. The van der Waals surface area contributed by atoms with Gasteiger partial charge in [0, 0.05) is 18.8 Å². The van der Waals surface area contributed by atoms with E-state index in [1.54, 1.807) is 30.9 Å². The van der Waals surface area contributed by atoms with Gasteiger partial charge in [0.1, 0.15) is 5.75 Å². The minimum absolute atomic E-state index is 0.00162. The van der Waals surface area contributed by atoms with E-state index in [1.165, 1.54) is 17.0 Å². The van der Waals surface area contributed by atoms with Crippen LogP contribution >= 0.6 is 11.8 Å². The largest absolute Gasteiger partial charge is 0.482 e. The Morgan fingerprint density at radius 3 is 2.64 bits per heavy atom. The number of nitrogens with one attached hydrogen (secondary N) is 1. The molecule has 22 heavy (non-hydrogen) atoms. The Balaban J connectivity index is 2.74. The quantitative estimate of drug-likeness (QED) is 0.858. The number of hydrogen-bond acceptors (Lipinski definition) is 3. The second-order valence-corrected chi connectivity index (χ2v) is 5.66. The molecule has 0 aliphatic carbocycles. The van der Waals surface area contributed by atoms with Gasteiger partial charge in [-0.2, -0.15) is 24.9 Å². The highest BCUT2D eigenvalue weighted by molar-refractivity contribution is 7.98. The van der Waals surface area contributed by atoms with E-state index in [2.05, 4.69) is 5.32 Å². The number of ether oxygens (including phenoxy) is 1.